The summed E-state index contributed by atoms with van der Waals surface area (Å²) in [5, 5.41) is 0. The second-order valence-electron chi connectivity index (χ2n) is 5.66. The van der Waals surface area contributed by atoms with E-state index in [1.165, 1.54) is 6.07 Å². The third-order valence-electron chi connectivity index (χ3n) is 4.15. The van der Waals surface area contributed by atoms with Crippen molar-refractivity contribution in [3.05, 3.63) is 29.6 Å². The number of hydrogen-bond acceptors (Lipinski definition) is 3. The molecular formula is C15H20FN3O. The van der Waals surface area contributed by atoms with Gasteiger partial charge < -0.3 is 15.5 Å². The number of rotatable bonds is 2. The lowest BCUT2D eigenvalue weighted by atomic mass is 10.1. The van der Waals surface area contributed by atoms with Gasteiger partial charge in [0.15, 0.2) is 0 Å². The minimum Gasteiger partial charge on any atom is -0.369 e. The zero-order valence-corrected chi connectivity index (χ0v) is 11.5. The predicted molar refractivity (Wildman–Crippen MR) is 76.3 cm³/mol. The molecule has 1 aromatic carbocycles. The molecule has 108 valence electrons. The fraction of sp³-hybridized carbons (Fsp3) is 0.533. The van der Waals surface area contributed by atoms with Crippen LogP contribution in [0.1, 0.15) is 29.6 Å². The molecular weight excluding hydrogens is 257 g/mol. The number of amides is 1. The quantitative estimate of drug-likeness (QED) is 0.893. The van der Waals surface area contributed by atoms with Crippen LogP contribution in [0.5, 0.6) is 0 Å². The van der Waals surface area contributed by atoms with Crippen molar-refractivity contribution in [3.8, 4) is 0 Å². The third-order valence-corrected chi connectivity index (χ3v) is 4.15. The van der Waals surface area contributed by atoms with Crippen LogP contribution < -0.4 is 10.6 Å². The van der Waals surface area contributed by atoms with E-state index in [0.717, 1.165) is 32.4 Å². The van der Waals surface area contributed by atoms with Crippen LogP contribution in [-0.2, 0) is 0 Å². The van der Waals surface area contributed by atoms with E-state index in [4.69, 9.17) is 5.73 Å². The highest BCUT2D eigenvalue weighted by atomic mass is 19.1. The highest BCUT2D eigenvalue weighted by Crippen LogP contribution is 2.25. The van der Waals surface area contributed by atoms with Crippen molar-refractivity contribution in [2.24, 2.45) is 5.73 Å². The van der Waals surface area contributed by atoms with Crippen LogP contribution in [0, 0.1) is 5.82 Å². The van der Waals surface area contributed by atoms with Crippen molar-refractivity contribution in [1.29, 1.82) is 0 Å². The van der Waals surface area contributed by atoms with Gasteiger partial charge in [-0.3, -0.25) is 4.79 Å². The van der Waals surface area contributed by atoms with Crippen molar-refractivity contribution < 1.29 is 9.18 Å². The number of benzene rings is 1. The number of halogens is 1. The van der Waals surface area contributed by atoms with Gasteiger partial charge in [0.2, 0.25) is 0 Å². The predicted octanol–water partition coefficient (Wildman–Crippen LogP) is 1.60. The van der Waals surface area contributed by atoms with Gasteiger partial charge in [0.1, 0.15) is 5.82 Å². The molecule has 4 nitrogen and oxygen atoms in total. The molecule has 3 rings (SSSR count). The van der Waals surface area contributed by atoms with Crippen molar-refractivity contribution in [2.45, 2.75) is 25.3 Å². The molecule has 0 spiro atoms. The number of likely N-dealkylation sites (tertiary alicyclic amines) is 1. The minimum atomic E-state index is -0.304. The summed E-state index contributed by atoms with van der Waals surface area (Å²) in [5.41, 5.74) is 6.83. The topological polar surface area (TPSA) is 49.6 Å². The van der Waals surface area contributed by atoms with E-state index in [1.807, 2.05) is 4.90 Å². The fourth-order valence-corrected chi connectivity index (χ4v) is 3.01. The molecule has 2 aliphatic heterocycles. The summed E-state index contributed by atoms with van der Waals surface area (Å²) in [7, 11) is 0. The van der Waals surface area contributed by atoms with E-state index in [9.17, 15) is 9.18 Å². The molecule has 2 saturated heterocycles. The second kappa shape index (κ2) is 5.40. The lowest BCUT2D eigenvalue weighted by molar-refractivity contribution is 0.0790. The summed E-state index contributed by atoms with van der Waals surface area (Å²) < 4.78 is 14.2. The largest absolute Gasteiger partial charge is 0.369 e. The second-order valence-corrected chi connectivity index (χ2v) is 5.66. The number of hydrogen-bond donors (Lipinski definition) is 1. The Bertz CT molecular complexity index is 514. The van der Waals surface area contributed by atoms with Gasteiger partial charge in [-0.25, -0.2) is 4.39 Å². The maximum absolute atomic E-state index is 14.2. The number of nitrogens with two attached hydrogens (primary N) is 1. The third kappa shape index (κ3) is 2.50. The van der Waals surface area contributed by atoms with Gasteiger partial charge in [-0.05, 0) is 37.5 Å². The van der Waals surface area contributed by atoms with Crippen molar-refractivity contribution in [1.82, 2.24) is 4.90 Å². The van der Waals surface area contributed by atoms with Crippen LogP contribution in [-0.4, -0.2) is 43.0 Å². The Balaban J connectivity index is 1.77. The zero-order valence-electron chi connectivity index (χ0n) is 11.5. The maximum Gasteiger partial charge on any atom is 0.254 e. The standard InChI is InChI=1S/C15H20FN3O/c16-13-9-11(15(20)19-8-5-12(17)10-19)3-4-14(13)18-6-1-2-7-18/h3-4,9,12H,1-2,5-8,10,17H2/t12-/m0/s1. The summed E-state index contributed by atoms with van der Waals surface area (Å²) in [4.78, 5) is 16.0. The summed E-state index contributed by atoms with van der Waals surface area (Å²) >= 11 is 0. The van der Waals surface area contributed by atoms with Crippen molar-refractivity contribution >= 4 is 11.6 Å². The molecule has 2 heterocycles. The van der Waals surface area contributed by atoms with E-state index in [-0.39, 0.29) is 17.8 Å². The molecule has 0 unspecified atom stereocenters. The summed E-state index contributed by atoms with van der Waals surface area (Å²) in [6.45, 7) is 3.01. The van der Waals surface area contributed by atoms with Crippen LogP contribution in [0.15, 0.2) is 18.2 Å². The van der Waals surface area contributed by atoms with Gasteiger partial charge in [0.05, 0.1) is 5.69 Å². The lowest BCUT2D eigenvalue weighted by Crippen LogP contribution is -2.32. The first-order chi connectivity index (χ1) is 9.65. The van der Waals surface area contributed by atoms with Gasteiger partial charge >= 0.3 is 0 Å². The molecule has 2 fully saturated rings. The molecule has 0 saturated carbocycles. The van der Waals surface area contributed by atoms with Crippen LogP contribution in [0.25, 0.3) is 0 Å². The molecule has 2 N–H and O–H groups in total. The van der Waals surface area contributed by atoms with Gasteiger partial charge in [0.25, 0.3) is 5.91 Å². The van der Waals surface area contributed by atoms with E-state index >= 15 is 0 Å². The van der Waals surface area contributed by atoms with E-state index in [2.05, 4.69) is 0 Å². The van der Waals surface area contributed by atoms with Gasteiger partial charge in [-0.2, -0.15) is 0 Å². The molecule has 20 heavy (non-hydrogen) atoms. The van der Waals surface area contributed by atoms with E-state index in [1.54, 1.807) is 17.0 Å². The molecule has 1 amide bonds. The first-order valence-electron chi connectivity index (χ1n) is 7.24. The van der Waals surface area contributed by atoms with E-state index in [0.29, 0.717) is 24.3 Å². The normalized spacial score (nSPS) is 22.6. The number of anilines is 1. The molecule has 2 aliphatic rings. The SMILES string of the molecule is N[C@H]1CCN(C(=O)c2ccc(N3CCCC3)c(F)c2)C1. The summed E-state index contributed by atoms with van der Waals surface area (Å²) in [6, 6.07) is 4.86. The Hall–Kier alpha value is -1.62. The molecule has 0 aromatic heterocycles. The average molecular weight is 277 g/mol. The van der Waals surface area contributed by atoms with Crippen molar-refractivity contribution in [3.63, 3.8) is 0 Å². The zero-order chi connectivity index (χ0) is 14.1. The minimum absolute atomic E-state index is 0.0488. The van der Waals surface area contributed by atoms with Gasteiger partial charge in [-0.1, -0.05) is 0 Å². The number of nitrogens with zero attached hydrogens (tertiary/aromatic N) is 2. The van der Waals surface area contributed by atoms with Crippen LogP contribution >= 0.6 is 0 Å². The molecule has 0 radical (unpaired) electrons. The summed E-state index contributed by atoms with van der Waals surface area (Å²) in [6.07, 6.45) is 3.03. The molecule has 1 aromatic rings. The Labute approximate surface area is 118 Å². The lowest BCUT2D eigenvalue weighted by Gasteiger charge is -2.20. The molecule has 0 aliphatic carbocycles. The summed E-state index contributed by atoms with van der Waals surface area (Å²) in [5.74, 6) is -0.425. The van der Waals surface area contributed by atoms with E-state index < -0.39 is 0 Å². The molecule has 0 bridgehead atoms. The molecule has 5 heteroatoms. The highest BCUT2D eigenvalue weighted by molar-refractivity contribution is 5.94. The highest BCUT2D eigenvalue weighted by Gasteiger charge is 2.25. The van der Waals surface area contributed by atoms with Crippen molar-refractivity contribution in [2.75, 3.05) is 31.1 Å². The Kier molecular flexibility index (Phi) is 3.61. The molecule has 1 atom stereocenters. The smallest absolute Gasteiger partial charge is 0.254 e. The number of carbonyl (C=O) groups is 1. The fourth-order valence-electron chi connectivity index (χ4n) is 3.01. The maximum atomic E-state index is 14.2. The average Bonchev–Trinajstić information content (AvgIpc) is 3.09. The van der Waals surface area contributed by atoms with Crippen LogP contribution in [0.3, 0.4) is 0 Å². The first-order valence-corrected chi connectivity index (χ1v) is 7.24. The Morgan fingerprint density at radius 2 is 2.00 bits per heavy atom. The van der Waals surface area contributed by atoms with Gasteiger partial charge in [0, 0.05) is 37.8 Å². The number of carbonyl (C=O) groups excluding carboxylic acids is 1. The first kappa shape index (κ1) is 13.4. The Morgan fingerprint density at radius 3 is 2.60 bits per heavy atom. The Morgan fingerprint density at radius 1 is 1.25 bits per heavy atom. The van der Waals surface area contributed by atoms with Gasteiger partial charge in [-0.15, -0.1) is 0 Å². The monoisotopic (exact) mass is 277 g/mol. The van der Waals surface area contributed by atoms with Crippen LogP contribution in [0.4, 0.5) is 10.1 Å². The van der Waals surface area contributed by atoms with Crippen LogP contribution in [0.2, 0.25) is 0 Å².